The Labute approximate surface area is 124 Å². The third kappa shape index (κ3) is 2.77. The maximum atomic E-state index is 4.48. The minimum Gasteiger partial charge on any atom is -0.318 e. The highest BCUT2D eigenvalue weighted by Gasteiger charge is 2.08. The van der Waals surface area contributed by atoms with Crippen molar-refractivity contribution < 1.29 is 0 Å². The van der Waals surface area contributed by atoms with E-state index in [1.54, 1.807) is 12.4 Å². The smallest absolute Gasteiger partial charge is 0.0813 e. The Morgan fingerprint density at radius 2 is 1.86 bits per heavy atom. The van der Waals surface area contributed by atoms with Crippen LogP contribution in [0.1, 0.15) is 17.0 Å². The van der Waals surface area contributed by atoms with Crippen molar-refractivity contribution in [2.24, 2.45) is 4.99 Å². The lowest BCUT2D eigenvalue weighted by atomic mass is 10.2. The molecular weight excluding hydrogens is 258 g/mol. The fourth-order valence-corrected chi connectivity index (χ4v) is 2.47. The Morgan fingerprint density at radius 1 is 1.05 bits per heavy atom. The fraction of sp³-hybridized carbons (Fsp3) is 0.111. The molecule has 0 saturated carbocycles. The van der Waals surface area contributed by atoms with Crippen LogP contribution in [0.2, 0.25) is 0 Å². The summed E-state index contributed by atoms with van der Waals surface area (Å²) in [5.41, 5.74) is 5.55. The predicted molar refractivity (Wildman–Crippen MR) is 86.7 cm³/mol. The average Bonchev–Trinajstić information content (AvgIpc) is 2.81. The molecule has 0 amide bonds. The Kier molecular flexibility index (Phi) is 3.65. The maximum Gasteiger partial charge on any atom is 0.0813 e. The summed E-state index contributed by atoms with van der Waals surface area (Å²) < 4.78 is 2.24. The van der Waals surface area contributed by atoms with Gasteiger partial charge in [-0.05, 0) is 44.2 Å². The molecule has 0 aliphatic rings. The molecule has 0 aliphatic carbocycles. The first-order valence-electron chi connectivity index (χ1n) is 6.94. The number of aromatic nitrogens is 2. The second-order valence-electron chi connectivity index (χ2n) is 4.97. The molecule has 0 fully saturated rings. The van der Waals surface area contributed by atoms with Crippen LogP contribution in [0.15, 0.2) is 65.9 Å². The highest BCUT2D eigenvalue weighted by atomic mass is 15.0. The molecule has 0 aliphatic heterocycles. The number of rotatable bonds is 3. The lowest BCUT2D eigenvalue weighted by Crippen LogP contribution is -1.98. The molecule has 0 spiro atoms. The van der Waals surface area contributed by atoms with Gasteiger partial charge in [-0.1, -0.05) is 18.2 Å². The highest BCUT2D eigenvalue weighted by Crippen LogP contribution is 2.20. The third-order valence-corrected chi connectivity index (χ3v) is 3.48. The van der Waals surface area contributed by atoms with Crippen molar-refractivity contribution in [3.05, 3.63) is 77.9 Å². The first-order valence-corrected chi connectivity index (χ1v) is 6.94. The molecule has 0 bridgehead atoms. The lowest BCUT2D eigenvalue weighted by molar-refractivity contribution is 0.965. The van der Waals surface area contributed by atoms with Crippen molar-refractivity contribution >= 4 is 11.9 Å². The normalized spacial score (nSPS) is 11.1. The maximum absolute atomic E-state index is 4.48. The summed E-state index contributed by atoms with van der Waals surface area (Å²) in [4.78, 5) is 8.56. The Balaban J connectivity index is 1.97. The summed E-state index contributed by atoms with van der Waals surface area (Å²) in [5, 5.41) is 0. The van der Waals surface area contributed by atoms with Crippen LogP contribution in [-0.2, 0) is 0 Å². The topological polar surface area (TPSA) is 30.2 Å². The first-order chi connectivity index (χ1) is 10.3. The van der Waals surface area contributed by atoms with Gasteiger partial charge in [-0.3, -0.25) is 9.98 Å². The van der Waals surface area contributed by atoms with Crippen LogP contribution in [0.4, 0.5) is 5.69 Å². The van der Waals surface area contributed by atoms with Gasteiger partial charge in [0.25, 0.3) is 0 Å². The quantitative estimate of drug-likeness (QED) is 0.657. The summed E-state index contributed by atoms with van der Waals surface area (Å²) in [6, 6.07) is 16.4. The average molecular weight is 275 g/mol. The SMILES string of the molecule is Cc1cc(C=Nc2cccnc2)c(C)n1-c1ccccc1. The number of nitrogens with zero attached hydrogens (tertiary/aromatic N) is 3. The van der Waals surface area contributed by atoms with Crippen molar-refractivity contribution in [2.75, 3.05) is 0 Å². The number of para-hydroxylation sites is 1. The van der Waals surface area contributed by atoms with Crippen molar-refractivity contribution in [1.82, 2.24) is 9.55 Å². The molecule has 2 aromatic heterocycles. The zero-order chi connectivity index (χ0) is 14.7. The molecule has 1 aromatic carbocycles. The minimum absolute atomic E-state index is 0.863. The molecule has 104 valence electrons. The van der Waals surface area contributed by atoms with Crippen molar-refractivity contribution in [3.63, 3.8) is 0 Å². The van der Waals surface area contributed by atoms with Gasteiger partial charge >= 0.3 is 0 Å². The van der Waals surface area contributed by atoms with E-state index in [2.05, 4.69) is 58.7 Å². The number of hydrogen-bond acceptors (Lipinski definition) is 2. The van der Waals surface area contributed by atoms with Gasteiger partial charge in [0.05, 0.1) is 11.9 Å². The Bertz CT molecular complexity index is 756. The summed E-state index contributed by atoms with van der Waals surface area (Å²) >= 11 is 0. The standard InChI is InChI=1S/C18H17N3/c1-14-11-16(12-20-17-7-6-10-19-13-17)15(2)21(14)18-8-4-3-5-9-18/h3-13H,1-2H3. The molecule has 0 saturated heterocycles. The molecule has 0 N–H and O–H groups in total. The van der Waals surface area contributed by atoms with Gasteiger partial charge in [0.1, 0.15) is 0 Å². The van der Waals surface area contributed by atoms with E-state index in [4.69, 9.17) is 0 Å². The molecular formula is C18H17N3. The summed E-state index contributed by atoms with van der Waals surface area (Å²) in [5.74, 6) is 0. The van der Waals surface area contributed by atoms with E-state index in [9.17, 15) is 0 Å². The zero-order valence-corrected chi connectivity index (χ0v) is 12.2. The van der Waals surface area contributed by atoms with E-state index >= 15 is 0 Å². The van der Waals surface area contributed by atoms with Crippen LogP contribution in [0.3, 0.4) is 0 Å². The monoisotopic (exact) mass is 275 g/mol. The van der Waals surface area contributed by atoms with Gasteiger partial charge in [-0.2, -0.15) is 0 Å². The molecule has 21 heavy (non-hydrogen) atoms. The van der Waals surface area contributed by atoms with Gasteiger partial charge in [0.15, 0.2) is 0 Å². The number of aryl methyl sites for hydroxylation is 1. The van der Waals surface area contributed by atoms with E-state index < -0.39 is 0 Å². The number of benzene rings is 1. The van der Waals surface area contributed by atoms with Gasteiger partial charge in [-0.25, -0.2) is 0 Å². The summed E-state index contributed by atoms with van der Waals surface area (Å²) in [7, 11) is 0. The predicted octanol–water partition coefficient (Wildman–Crippen LogP) is 4.24. The van der Waals surface area contributed by atoms with Crippen molar-refractivity contribution in [1.29, 1.82) is 0 Å². The first kappa shape index (κ1) is 13.3. The number of aliphatic imine (C=N–C) groups is 1. The van der Waals surface area contributed by atoms with Crippen LogP contribution in [0.25, 0.3) is 5.69 Å². The molecule has 0 unspecified atom stereocenters. The Hall–Kier alpha value is -2.68. The van der Waals surface area contributed by atoms with Crippen LogP contribution in [0.5, 0.6) is 0 Å². The van der Waals surface area contributed by atoms with E-state index in [0.29, 0.717) is 0 Å². The fourth-order valence-electron chi connectivity index (χ4n) is 2.47. The van der Waals surface area contributed by atoms with Gasteiger partial charge in [0, 0.05) is 35.1 Å². The highest BCUT2D eigenvalue weighted by molar-refractivity contribution is 5.84. The molecule has 3 rings (SSSR count). The van der Waals surface area contributed by atoms with Gasteiger partial charge in [-0.15, -0.1) is 0 Å². The molecule has 0 radical (unpaired) electrons. The largest absolute Gasteiger partial charge is 0.318 e. The van der Waals surface area contributed by atoms with Crippen LogP contribution in [0, 0.1) is 13.8 Å². The molecule has 3 nitrogen and oxygen atoms in total. The van der Waals surface area contributed by atoms with Crippen molar-refractivity contribution in [2.45, 2.75) is 13.8 Å². The molecule has 2 heterocycles. The van der Waals surface area contributed by atoms with Crippen LogP contribution >= 0.6 is 0 Å². The second kappa shape index (κ2) is 5.75. The lowest BCUT2D eigenvalue weighted by Gasteiger charge is -2.08. The number of hydrogen-bond donors (Lipinski definition) is 0. The van der Waals surface area contributed by atoms with E-state index in [1.165, 1.54) is 17.1 Å². The molecule has 3 aromatic rings. The minimum atomic E-state index is 0.863. The van der Waals surface area contributed by atoms with Crippen LogP contribution in [-0.4, -0.2) is 15.8 Å². The molecule has 0 atom stereocenters. The van der Waals surface area contributed by atoms with E-state index in [-0.39, 0.29) is 0 Å². The second-order valence-corrected chi connectivity index (χ2v) is 4.97. The van der Waals surface area contributed by atoms with E-state index in [0.717, 1.165) is 11.3 Å². The van der Waals surface area contributed by atoms with E-state index in [1.807, 2.05) is 24.4 Å². The van der Waals surface area contributed by atoms with Gasteiger partial charge in [0.2, 0.25) is 0 Å². The summed E-state index contributed by atoms with van der Waals surface area (Å²) in [6.45, 7) is 4.23. The van der Waals surface area contributed by atoms with Gasteiger partial charge < -0.3 is 4.57 Å². The summed E-state index contributed by atoms with van der Waals surface area (Å²) in [6.07, 6.45) is 5.41. The zero-order valence-electron chi connectivity index (χ0n) is 12.2. The third-order valence-electron chi connectivity index (χ3n) is 3.48. The molecule has 3 heteroatoms. The Morgan fingerprint density at radius 3 is 2.57 bits per heavy atom. The van der Waals surface area contributed by atoms with Crippen molar-refractivity contribution in [3.8, 4) is 5.69 Å². The number of pyridine rings is 1. The van der Waals surface area contributed by atoms with Crippen LogP contribution < -0.4 is 0 Å².